The number of nitrogens with one attached hydrogen (secondary N) is 1. The Balaban J connectivity index is 1.80. The van der Waals surface area contributed by atoms with Gasteiger partial charge in [-0.1, -0.05) is 40.0 Å². The normalized spacial score (nSPS) is 35.3. The van der Waals surface area contributed by atoms with Gasteiger partial charge in [0.05, 0.1) is 5.60 Å². The van der Waals surface area contributed by atoms with Crippen LogP contribution in [-0.2, 0) is 0 Å². The van der Waals surface area contributed by atoms with E-state index in [2.05, 4.69) is 26.1 Å². The minimum Gasteiger partial charge on any atom is -0.389 e. The summed E-state index contributed by atoms with van der Waals surface area (Å²) >= 11 is 0. The lowest BCUT2D eigenvalue weighted by molar-refractivity contribution is -0.00204. The molecule has 0 heterocycles. The number of aliphatic hydroxyl groups is 1. The summed E-state index contributed by atoms with van der Waals surface area (Å²) in [5.74, 6) is 0.737. The average Bonchev–Trinajstić information content (AvgIpc) is 2.28. The van der Waals surface area contributed by atoms with Crippen molar-refractivity contribution in [2.75, 3.05) is 6.54 Å². The van der Waals surface area contributed by atoms with Gasteiger partial charge in [0, 0.05) is 12.6 Å². The Labute approximate surface area is 113 Å². The van der Waals surface area contributed by atoms with Crippen LogP contribution in [0.4, 0.5) is 0 Å². The smallest absolute Gasteiger partial charge is 0.0771 e. The molecule has 0 radical (unpaired) electrons. The van der Waals surface area contributed by atoms with Crippen LogP contribution in [0.1, 0.15) is 72.1 Å². The Morgan fingerprint density at radius 2 is 1.78 bits per heavy atom. The molecule has 2 atom stereocenters. The molecular formula is C16H31NO. The molecule has 0 amide bonds. The van der Waals surface area contributed by atoms with E-state index in [1.54, 1.807) is 0 Å². The van der Waals surface area contributed by atoms with Crippen LogP contribution < -0.4 is 5.32 Å². The van der Waals surface area contributed by atoms with Gasteiger partial charge in [0.25, 0.3) is 0 Å². The molecule has 106 valence electrons. The highest BCUT2D eigenvalue weighted by Gasteiger charge is 2.34. The monoisotopic (exact) mass is 253 g/mol. The summed E-state index contributed by atoms with van der Waals surface area (Å²) < 4.78 is 0. The van der Waals surface area contributed by atoms with Crippen LogP contribution in [0.15, 0.2) is 0 Å². The van der Waals surface area contributed by atoms with Gasteiger partial charge in [-0.25, -0.2) is 0 Å². The van der Waals surface area contributed by atoms with Gasteiger partial charge in [0.15, 0.2) is 0 Å². The molecule has 0 aliphatic heterocycles. The van der Waals surface area contributed by atoms with Gasteiger partial charge in [0.1, 0.15) is 0 Å². The molecule has 2 N–H and O–H groups in total. The first-order chi connectivity index (χ1) is 8.40. The van der Waals surface area contributed by atoms with Crippen molar-refractivity contribution >= 4 is 0 Å². The van der Waals surface area contributed by atoms with Crippen LogP contribution in [-0.4, -0.2) is 23.3 Å². The van der Waals surface area contributed by atoms with Crippen molar-refractivity contribution in [3.63, 3.8) is 0 Å². The summed E-state index contributed by atoms with van der Waals surface area (Å²) in [6, 6.07) is 0.615. The molecule has 0 aromatic rings. The summed E-state index contributed by atoms with van der Waals surface area (Å²) in [4.78, 5) is 0. The lowest BCUT2D eigenvalue weighted by Gasteiger charge is -2.41. The van der Waals surface area contributed by atoms with Gasteiger partial charge in [-0.3, -0.25) is 0 Å². The Morgan fingerprint density at radius 1 is 1.11 bits per heavy atom. The average molecular weight is 253 g/mol. The zero-order chi connectivity index (χ0) is 13.2. The fourth-order valence-corrected chi connectivity index (χ4v) is 3.96. The Morgan fingerprint density at radius 3 is 2.39 bits per heavy atom. The van der Waals surface area contributed by atoms with Crippen molar-refractivity contribution in [1.29, 1.82) is 0 Å². The van der Waals surface area contributed by atoms with Crippen LogP contribution in [0, 0.1) is 11.3 Å². The van der Waals surface area contributed by atoms with Gasteiger partial charge in [-0.2, -0.15) is 0 Å². The second kappa shape index (κ2) is 5.50. The van der Waals surface area contributed by atoms with E-state index in [0.29, 0.717) is 11.5 Å². The van der Waals surface area contributed by atoms with Crippen LogP contribution in [0.2, 0.25) is 0 Å². The molecule has 0 spiro atoms. The first-order valence-corrected chi connectivity index (χ1v) is 7.86. The zero-order valence-electron chi connectivity index (χ0n) is 12.5. The van der Waals surface area contributed by atoms with Crippen molar-refractivity contribution in [3.8, 4) is 0 Å². The molecule has 0 bridgehead atoms. The van der Waals surface area contributed by atoms with E-state index >= 15 is 0 Å². The molecule has 2 aliphatic rings. The second-order valence-electron chi connectivity index (χ2n) is 7.66. The third kappa shape index (κ3) is 3.71. The first-order valence-electron chi connectivity index (χ1n) is 7.86. The third-order valence-electron chi connectivity index (χ3n) is 5.17. The van der Waals surface area contributed by atoms with Crippen molar-refractivity contribution in [2.24, 2.45) is 11.3 Å². The van der Waals surface area contributed by atoms with Crippen molar-refractivity contribution in [1.82, 2.24) is 5.32 Å². The first kappa shape index (κ1) is 14.3. The largest absolute Gasteiger partial charge is 0.389 e. The van der Waals surface area contributed by atoms with Crippen LogP contribution in [0.25, 0.3) is 0 Å². The number of rotatable bonds is 3. The molecule has 2 rings (SSSR count). The summed E-state index contributed by atoms with van der Waals surface area (Å²) in [6.45, 7) is 7.94. The lowest BCUT2D eigenvalue weighted by Crippen LogP contribution is -2.49. The Kier molecular flexibility index (Phi) is 4.38. The zero-order valence-corrected chi connectivity index (χ0v) is 12.5. The standard InChI is InChI=1S/C16H31NO/c1-13-11-15(2,3)10-7-14(13)17-12-16(18)8-5-4-6-9-16/h13-14,17-18H,4-12H2,1-3H3. The molecule has 18 heavy (non-hydrogen) atoms. The van der Waals surface area contributed by atoms with Crippen molar-refractivity contribution < 1.29 is 5.11 Å². The van der Waals surface area contributed by atoms with E-state index in [1.165, 1.54) is 38.5 Å². The van der Waals surface area contributed by atoms with Crippen LogP contribution in [0.5, 0.6) is 0 Å². The van der Waals surface area contributed by atoms with Crippen molar-refractivity contribution in [3.05, 3.63) is 0 Å². The van der Waals surface area contributed by atoms with Crippen LogP contribution in [0.3, 0.4) is 0 Å². The van der Waals surface area contributed by atoms with Gasteiger partial charge < -0.3 is 10.4 Å². The molecule has 0 aromatic carbocycles. The highest BCUT2D eigenvalue weighted by Crippen LogP contribution is 2.38. The third-order valence-corrected chi connectivity index (χ3v) is 5.17. The quantitative estimate of drug-likeness (QED) is 0.807. The minimum absolute atomic E-state index is 0.412. The van der Waals surface area contributed by atoms with Crippen molar-refractivity contribution in [2.45, 2.75) is 83.8 Å². The second-order valence-corrected chi connectivity index (χ2v) is 7.66. The maximum absolute atomic E-state index is 10.5. The highest BCUT2D eigenvalue weighted by molar-refractivity contribution is 4.90. The topological polar surface area (TPSA) is 32.3 Å². The molecule has 2 fully saturated rings. The van der Waals surface area contributed by atoms with Gasteiger partial charge in [-0.05, 0) is 43.4 Å². The van der Waals surface area contributed by atoms with E-state index in [0.717, 1.165) is 25.3 Å². The summed E-state index contributed by atoms with van der Waals surface area (Å²) in [5, 5.41) is 14.2. The molecule has 2 aliphatic carbocycles. The molecular weight excluding hydrogens is 222 g/mol. The van der Waals surface area contributed by atoms with E-state index in [4.69, 9.17) is 0 Å². The predicted molar refractivity (Wildman–Crippen MR) is 76.6 cm³/mol. The fraction of sp³-hybridized carbons (Fsp3) is 1.00. The van der Waals surface area contributed by atoms with Crippen LogP contribution >= 0.6 is 0 Å². The fourth-order valence-electron chi connectivity index (χ4n) is 3.96. The lowest BCUT2D eigenvalue weighted by atomic mass is 9.70. The molecule has 2 nitrogen and oxygen atoms in total. The predicted octanol–water partition coefficient (Wildman–Crippen LogP) is 3.49. The number of hydrogen-bond donors (Lipinski definition) is 2. The molecule has 0 aromatic heterocycles. The minimum atomic E-state index is -0.412. The number of hydrogen-bond acceptors (Lipinski definition) is 2. The highest BCUT2D eigenvalue weighted by atomic mass is 16.3. The summed E-state index contributed by atoms with van der Waals surface area (Å²) in [6.07, 6.45) is 9.58. The van der Waals surface area contributed by atoms with E-state index < -0.39 is 5.60 Å². The molecule has 2 unspecified atom stereocenters. The van der Waals surface area contributed by atoms with Gasteiger partial charge in [-0.15, -0.1) is 0 Å². The summed E-state index contributed by atoms with van der Waals surface area (Å²) in [5.41, 5.74) is 0.101. The van der Waals surface area contributed by atoms with E-state index in [9.17, 15) is 5.11 Å². The van der Waals surface area contributed by atoms with E-state index in [-0.39, 0.29) is 0 Å². The molecule has 2 saturated carbocycles. The maximum atomic E-state index is 10.5. The maximum Gasteiger partial charge on any atom is 0.0771 e. The van der Waals surface area contributed by atoms with Gasteiger partial charge >= 0.3 is 0 Å². The SMILES string of the molecule is CC1CC(C)(C)CCC1NCC1(O)CCCCC1. The molecule has 0 saturated heterocycles. The summed E-state index contributed by atoms with van der Waals surface area (Å²) in [7, 11) is 0. The molecule has 2 heteroatoms. The Hall–Kier alpha value is -0.0800. The van der Waals surface area contributed by atoms with E-state index in [1.807, 2.05) is 0 Å². The Bertz CT molecular complexity index is 268. The van der Waals surface area contributed by atoms with Gasteiger partial charge in [0.2, 0.25) is 0 Å².